The molecule has 0 spiro atoms. The fourth-order valence-corrected chi connectivity index (χ4v) is 5.30. The Morgan fingerprint density at radius 1 is 1.00 bits per heavy atom. The lowest BCUT2D eigenvalue weighted by Crippen LogP contribution is -2.43. The summed E-state index contributed by atoms with van der Waals surface area (Å²) in [4.78, 5) is 32.8. The van der Waals surface area contributed by atoms with Gasteiger partial charge in [0, 0.05) is 11.4 Å². The Morgan fingerprint density at radius 2 is 1.61 bits per heavy atom. The third-order valence-electron chi connectivity index (χ3n) is 6.15. The van der Waals surface area contributed by atoms with E-state index in [-0.39, 0.29) is 17.9 Å². The van der Waals surface area contributed by atoms with Gasteiger partial charge in [0.15, 0.2) is 5.69 Å². The first-order valence-electron chi connectivity index (χ1n) is 11.7. The van der Waals surface area contributed by atoms with E-state index in [0.29, 0.717) is 18.8 Å². The van der Waals surface area contributed by atoms with E-state index in [1.54, 1.807) is 12.3 Å². The molecule has 5 nitrogen and oxygen atoms in total. The van der Waals surface area contributed by atoms with Gasteiger partial charge in [0.25, 0.3) is 0 Å². The van der Waals surface area contributed by atoms with Crippen LogP contribution in [-0.4, -0.2) is 34.4 Å². The molecule has 1 amide bonds. The lowest BCUT2D eigenvalue weighted by Gasteiger charge is -2.36. The number of carbonyl (C=O) groups is 2. The summed E-state index contributed by atoms with van der Waals surface area (Å²) < 4.78 is 5.09. The van der Waals surface area contributed by atoms with E-state index in [0.717, 1.165) is 41.8 Å². The first-order valence-corrected chi connectivity index (χ1v) is 12.6. The predicted molar refractivity (Wildman–Crippen MR) is 130 cm³/mol. The maximum atomic E-state index is 14.2. The number of thiazole rings is 1. The molecule has 2 aromatic carbocycles. The molecule has 33 heavy (non-hydrogen) atoms. The molecule has 0 saturated heterocycles. The van der Waals surface area contributed by atoms with Crippen LogP contribution in [0.5, 0.6) is 0 Å². The van der Waals surface area contributed by atoms with Gasteiger partial charge in [-0.3, -0.25) is 4.79 Å². The monoisotopic (exact) mass is 462 g/mol. The van der Waals surface area contributed by atoms with E-state index in [1.165, 1.54) is 17.8 Å². The summed E-state index contributed by atoms with van der Waals surface area (Å²) in [7, 11) is 0. The highest BCUT2D eigenvalue weighted by atomic mass is 32.1. The Bertz CT molecular complexity index is 1010. The Labute approximate surface area is 199 Å². The molecule has 0 atom stereocenters. The number of amides is 1. The number of esters is 1. The molecule has 172 valence electrons. The molecule has 1 fully saturated rings. The Kier molecular flexibility index (Phi) is 7.89. The average molecular weight is 463 g/mol. The van der Waals surface area contributed by atoms with E-state index in [9.17, 15) is 9.59 Å². The van der Waals surface area contributed by atoms with Crippen molar-refractivity contribution < 1.29 is 14.3 Å². The van der Waals surface area contributed by atoms with Crippen molar-refractivity contribution >= 4 is 23.2 Å². The van der Waals surface area contributed by atoms with E-state index >= 15 is 0 Å². The van der Waals surface area contributed by atoms with Crippen molar-refractivity contribution in [3.05, 3.63) is 87.9 Å². The minimum absolute atomic E-state index is 0.0900. The van der Waals surface area contributed by atoms with Gasteiger partial charge in [0.1, 0.15) is 5.01 Å². The van der Waals surface area contributed by atoms with E-state index < -0.39 is 5.97 Å². The number of carbonyl (C=O) groups excluding carboxylic acids is 2. The van der Waals surface area contributed by atoms with Crippen LogP contribution in [0.25, 0.3) is 0 Å². The molecule has 1 aliphatic carbocycles. The number of benzene rings is 2. The van der Waals surface area contributed by atoms with Gasteiger partial charge in [-0.05, 0) is 30.9 Å². The highest BCUT2D eigenvalue weighted by Crippen LogP contribution is 2.32. The molecular formula is C27H30N2O3S. The fraction of sp³-hybridized carbons (Fsp3) is 0.370. The van der Waals surface area contributed by atoms with Gasteiger partial charge in [-0.1, -0.05) is 79.9 Å². The Hall–Kier alpha value is -2.99. The van der Waals surface area contributed by atoms with Crippen LogP contribution in [0.1, 0.15) is 71.6 Å². The molecular weight excluding hydrogens is 432 g/mol. The zero-order valence-electron chi connectivity index (χ0n) is 19.0. The van der Waals surface area contributed by atoms with Crippen LogP contribution in [0.3, 0.4) is 0 Å². The summed E-state index contributed by atoms with van der Waals surface area (Å²) in [5, 5.41) is 2.49. The maximum absolute atomic E-state index is 14.2. The molecule has 0 N–H and O–H groups in total. The van der Waals surface area contributed by atoms with Crippen LogP contribution in [0.4, 0.5) is 0 Å². The van der Waals surface area contributed by atoms with Crippen molar-refractivity contribution in [3.8, 4) is 0 Å². The molecule has 0 unspecified atom stereocenters. The molecule has 0 aliphatic heterocycles. The van der Waals surface area contributed by atoms with Gasteiger partial charge in [0.2, 0.25) is 5.91 Å². The number of ether oxygens (including phenoxy) is 1. The summed E-state index contributed by atoms with van der Waals surface area (Å²) in [6, 6.07) is 20.2. The molecule has 1 saturated carbocycles. The lowest BCUT2D eigenvalue weighted by molar-refractivity contribution is -0.135. The normalized spacial score (nSPS) is 14.2. The molecule has 1 heterocycles. The number of hydrogen-bond donors (Lipinski definition) is 0. The van der Waals surface area contributed by atoms with Gasteiger partial charge >= 0.3 is 5.97 Å². The number of aromatic nitrogens is 1. The topological polar surface area (TPSA) is 59.5 Å². The van der Waals surface area contributed by atoms with E-state index in [4.69, 9.17) is 4.74 Å². The van der Waals surface area contributed by atoms with Crippen LogP contribution in [0.15, 0.2) is 66.0 Å². The van der Waals surface area contributed by atoms with Crippen LogP contribution in [0.2, 0.25) is 0 Å². The molecule has 1 aliphatic rings. The highest BCUT2D eigenvalue weighted by Gasteiger charge is 2.33. The lowest BCUT2D eigenvalue weighted by atomic mass is 9.87. The molecule has 6 heteroatoms. The van der Waals surface area contributed by atoms with E-state index in [1.807, 2.05) is 65.6 Å². The number of rotatable bonds is 8. The highest BCUT2D eigenvalue weighted by molar-refractivity contribution is 7.09. The molecule has 0 bridgehead atoms. The zero-order valence-corrected chi connectivity index (χ0v) is 19.8. The summed E-state index contributed by atoms with van der Waals surface area (Å²) in [6.07, 6.45) is 5.46. The van der Waals surface area contributed by atoms with Crippen LogP contribution < -0.4 is 0 Å². The first-order chi connectivity index (χ1) is 16.2. The molecule has 0 radical (unpaired) electrons. The largest absolute Gasteiger partial charge is 0.461 e. The second kappa shape index (κ2) is 11.2. The van der Waals surface area contributed by atoms with Crippen molar-refractivity contribution in [3.63, 3.8) is 0 Å². The minimum atomic E-state index is -0.415. The van der Waals surface area contributed by atoms with Crippen molar-refractivity contribution in [2.45, 2.75) is 57.5 Å². The summed E-state index contributed by atoms with van der Waals surface area (Å²) in [5.41, 5.74) is 2.29. The zero-order chi connectivity index (χ0) is 23.0. The third-order valence-corrected chi connectivity index (χ3v) is 6.99. The average Bonchev–Trinajstić information content (AvgIpc) is 3.34. The second-order valence-corrected chi connectivity index (χ2v) is 9.30. The van der Waals surface area contributed by atoms with Gasteiger partial charge < -0.3 is 9.64 Å². The number of nitrogens with zero attached hydrogens (tertiary/aromatic N) is 2. The predicted octanol–water partition coefficient (Wildman–Crippen LogP) is 5.81. The minimum Gasteiger partial charge on any atom is -0.461 e. The van der Waals surface area contributed by atoms with Crippen molar-refractivity contribution in [1.82, 2.24) is 9.88 Å². The van der Waals surface area contributed by atoms with Crippen molar-refractivity contribution in [1.29, 1.82) is 0 Å². The summed E-state index contributed by atoms with van der Waals surface area (Å²) in [6.45, 7) is 2.50. The smallest absolute Gasteiger partial charge is 0.357 e. The summed E-state index contributed by atoms with van der Waals surface area (Å²) >= 11 is 1.41. The van der Waals surface area contributed by atoms with Crippen LogP contribution in [-0.2, 0) is 16.1 Å². The van der Waals surface area contributed by atoms with Gasteiger partial charge in [-0.25, -0.2) is 9.78 Å². The SMILES string of the molecule is CCOC(=O)c1csc(CN(C(=O)C(c2ccccc2)c2ccccc2)C2CCCCC2)n1. The quantitative estimate of drug-likeness (QED) is 0.396. The van der Waals surface area contributed by atoms with Gasteiger partial charge in [-0.2, -0.15) is 0 Å². The Morgan fingerprint density at radius 3 is 2.18 bits per heavy atom. The number of hydrogen-bond acceptors (Lipinski definition) is 5. The standard InChI is InChI=1S/C27H30N2O3S/c1-2-32-27(31)23-19-33-24(28-23)18-29(22-16-10-5-11-17-22)26(30)25(20-12-6-3-7-13-20)21-14-8-4-9-15-21/h3-4,6-9,12-15,19,22,25H,2,5,10-11,16-18H2,1H3. The van der Waals surface area contributed by atoms with Crippen molar-refractivity contribution in [2.75, 3.05) is 6.61 Å². The maximum Gasteiger partial charge on any atom is 0.357 e. The Balaban J connectivity index is 1.66. The van der Waals surface area contributed by atoms with Gasteiger partial charge in [-0.15, -0.1) is 11.3 Å². The van der Waals surface area contributed by atoms with Crippen molar-refractivity contribution in [2.24, 2.45) is 0 Å². The van der Waals surface area contributed by atoms with Gasteiger partial charge in [0.05, 0.1) is 19.1 Å². The first kappa shape index (κ1) is 23.2. The second-order valence-electron chi connectivity index (χ2n) is 8.36. The summed E-state index contributed by atoms with van der Waals surface area (Å²) in [5.74, 6) is -0.701. The third kappa shape index (κ3) is 5.69. The van der Waals surface area contributed by atoms with Crippen LogP contribution in [0, 0.1) is 0 Å². The molecule has 3 aromatic rings. The molecule has 4 rings (SSSR count). The molecule has 1 aromatic heterocycles. The van der Waals surface area contributed by atoms with E-state index in [2.05, 4.69) is 4.98 Å². The fourth-order valence-electron chi connectivity index (χ4n) is 4.54. The van der Waals surface area contributed by atoms with Crippen LogP contribution >= 0.6 is 11.3 Å².